The highest BCUT2D eigenvalue weighted by molar-refractivity contribution is 7.17. The third-order valence-electron chi connectivity index (χ3n) is 4.22. The molecule has 1 aliphatic heterocycles. The van der Waals surface area contributed by atoms with E-state index in [4.69, 9.17) is 9.47 Å². The van der Waals surface area contributed by atoms with E-state index in [9.17, 15) is 4.79 Å². The Morgan fingerprint density at radius 3 is 3.12 bits per heavy atom. The van der Waals surface area contributed by atoms with Gasteiger partial charge in [-0.1, -0.05) is 12.1 Å². The van der Waals surface area contributed by atoms with Crippen molar-refractivity contribution in [2.75, 3.05) is 20.3 Å². The molecule has 0 fully saturated rings. The highest BCUT2D eigenvalue weighted by Crippen LogP contribution is 2.33. The summed E-state index contributed by atoms with van der Waals surface area (Å²) < 4.78 is 12.3. The average Bonchev–Trinajstić information content (AvgIpc) is 3.16. The van der Waals surface area contributed by atoms with Crippen molar-refractivity contribution < 1.29 is 14.3 Å². The smallest absolute Gasteiger partial charge is 0.270 e. The predicted octanol–water partition coefficient (Wildman–Crippen LogP) is 3.66. The van der Waals surface area contributed by atoms with Crippen LogP contribution in [0.5, 0.6) is 11.5 Å². The van der Waals surface area contributed by atoms with Crippen LogP contribution in [0, 0.1) is 0 Å². The number of hydrogen-bond acceptors (Lipinski definition) is 4. The number of ether oxygens (including phenoxy) is 2. The Bertz CT molecular complexity index is 855. The SMILES string of the molecule is COc1cccc2c1OCCCN(C(=O)c1cc3sccc3[nH]1)C2. The molecule has 1 aliphatic rings. The lowest BCUT2D eigenvalue weighted by Crippen LogP contribution is -2.34. The highest BCUT2D eigenvalue weighted by Gasteiger charge is 2.23. The molecule has 2 aromatic heterocycles. The Labute approximate surface area is 143 Å². The van der Waals surface area contributed by atoms with E-state index in [1.54, 1.807) is 18.4 Å². The lowest BCUT2D eigenvalue weighted by molar-refractivity contribution is 0.0716. The molecule has 0 atom stereocenters. The average molecular weight is 342 g/mol. The molecule has 3 heterocycles. The van der Waals surface area contributed by atoms with E-state index in [1.807, 2.05) is 40.6 Å². The monoisotopic (exact) mass is 342 g/mol. The van der Waals surface area contributed by atoms with Crippen LogP contribution >= 0.6 is 11.3 Å². The minimum Gasteiger partial charge on any atom is -0.493 e. The second-order valence-corrected chi connectivity index (χ2v) is 6.71. The van der Waals surface area contributed by atoms with Crippen molar-refractivity contribution in [2.45, 2.75) is 13.0 Å². The number of nitrogens with zero attached hydrogens (tertiary/aromatic N) is 1. The van der Waals surface area contributed by atoms with Crippen molar-refractivity contribution in [3.8, 4) is 11.5 Å². The summed E-state index contributed by atoms with van der Waals surface area (Å²) in [6, 6.07) is 9.72. The number of hydrogen-bond donors (Lipinski definition) is 1. The van der Waals surface area contributed by atoms with Crippen molar-refractivity contribution in [3.63, 3.8) is 0 Å². The molecule has 0 radical (unpaired) electrons. The predicted molar refractivity (Wildman–Crippen MR) is 94.0 cm³/mol. The van der Waals surface area contributed by atoms with Gasteiger partial charge in [0.1, 0.15) is 5.69 Å². The Kier molecular flexibility index (Phi) is 3.90. The third kappa shape index (κ3) is 2.63. The second kappa shape index (κ2) is 6.20. The van der Waals surface area contributed by atoms with E-state index in [2.05, 4.69) is 4.98 Å². The lowest BCUT2D eigenvalue weighted by atomic mass is 10.1. The van der Waals surface area contributed by atoms with Crippen molar-refractivity contribution >= 4 is 27.5 Å². The van der Waals surface area contributed by atoms with E-state index in [-0.39, 0.29) is 5.91 Å². The van der Waals surface area contributed by atoms with Crippen molar-refractivity contribution in [1.29, 1.82) is 0 Å². The van der Waals surface area contributed by atoms with E-state index < -0.39 is 0 Å². The summed E-state index contributed by atoms with van der Waals surface area (Å²) in [6.07, 6.45) is 0.790. The van der Waals surface area contributed by atoms with Gasteiger partial charge in [-0.2, -0.15) is 0 Å². The largest absolute Gasteiger partial charge is 0.493 e. The van der Waals surface area contributed by atoms with Crippen LogP contribution in [-0.4, -0.2) is 36.1 Å². The molecule has 0 unspecified atom stereocenters. The van der Waals surface area contributed by atoms with E-state index in [1.165, 1.54) is 0 Å². The first kappa shape index (κ1) is 15.1. The second-order valence-electron chi connectivity index (χ2n) is 5.76. The maximum Gasteiger partial charge on any atom is 0.270 e. The van der Waals surface area contributed by atoms with Crippen molar-refractivity contribution in [3.05, 3.63) is 47.0 Å². The number of nitrogens with one attached hydrogen (secondary N) is 1. The van der Waals surface area contributed by atoms with E-state index in [0.717, 1.165) is 28.0 Å². The molecule has 0 saturated heterocycles. The van der Waals surface area contributed by atoms with Crippen LogP contribution in [0.1, 0.15) is 22.5 Å². The molecule has 1 N–H and O–H groups in total. The normalized spacial score (nSPS) is 14.6. The number of benzene rings is 1. The first-order valence-electron chi connectivity index (χ1n) is 7.90. The fraction of sp³-hybridized carbons (Fsp3) is 0.278. The fourth-order valence-corrected chi connectivity index (χ4v) is 3.81. The molecule has 24 heavy (non-hydrogen) atoms. The zero-order valence-electron chi connectivity index (χ0n) is 13.4. The van der Waals surface area contributed by atoms with Crippen LogP contribution in [0.4, 0.5) is 0 Å². The van der Waals surface area contributed by atoms with Crippen LogP contribution in [0.2, 0.25) is 0 Å². The van der Waals surface area contributed by atoms with Gasteiger partial charge in [0, 0.05) is 18.7 Å². The van der Waals surface area contributed by atoms with Crippen LogP contribution in [0.15, 0.2) is 35.7 Å². The molecule has 0 bridgehead atoms. The summed E-state index contributed by atoms with van der Waals surface area (Å²) in [6.45, 7) is 1.75. The number of aromatic nitrogens is 1. The topological polar surface area (TPSA) is 54.6 Å². The standard InChI is InChI=1S/C18H18N2O3S/c1-22-15-5-2-4-12-11-20(7-3-8-23-17(12)15)18(21)14-10-16-13(19-14)6-9-24-16/h2,4-6,9-10,19H,3,7-8,11H2,1H3. The van der Waals surface area contributed by atoms with Gasteiger partial charge in [-0.3, -0.25) is 4.79 Å². The summed E-state index contributed by atoms with van der Waals surface area (Å²) in [5.74, 6) is 1.47. The van der Waals surface area contributed by atoms with Gasteiger partial charge >= 0.3 is 0 Å². The number of H-pyrrole nitrogens is 1. The number of carbonyl (C=O) groups is 1. The van der Waals surface area contributed by atoms with Crippen molar-refractivity contribution in [1.82, 2.24) is 9.88 Å². The fourth-order valence-electron chi connectivity index (χ4n) is 3.03. The number of fused-ring (bicyclic) bond motifs is 2. The first-order valence-corrected chi connectivity index (χ1v) is 8.78. The summed E-state index contributed by atoms with van der Waals surface area (Å²) in [5, 5.41) is 2.02. The summed E-state index contributed by atoms with van der Waals surface area (Å²) >= 11 is 1.63. The van der Waals surface area contributed by atoms with Gasteiger partial charge in [0.25, 0.3) is 5.91 Å². The number of methoxy groups -OCH3 is 1. The van der Waals surface area contributed by atoms with E-state index in [0.29, 0.717) is 31.1 Å². The van der Waals surface area contributed by atoms with Gasteiger partial charge in [-0.25, -0.2) is 0 Å². The van der Waals surface area contributed by atoms with Crippen LogP contribution in [-0.2, 0) is 6.54 Å². The number of rotatable bonds is 2. The number of para-hydroxylation sites is 1. The Balaban J connectivity index is 1.65. The molecule has 3 aromatic rings. The molecule has 0 spiro atoms. The Morgan fingerprint density at radius 1 is 1.38 bits per heavy atom. The summed E-state index contributed by atoms with van der Waals surface area (Å²) in [4.78, 5) is 18.0. The molecule has 0 saturated carbocycles. The molecular weight excluding hydrogens is 324 g/mol. The minimum absolute atomic E-state index is 0.0223. The third-order valence-corrected chi connectivity index (χ3v) is 5.08. The maximum atomic E-state index is 12.9. The minimum atomic E-state index is 0.0223. The molecule has 6 heteroatoms. The Hall–Kier alpha value is -2.47. The van der Waals surface area contributed by atoms with Gasteiger partial charge in [0.2, 0.25) is 0 Å². The van der Waals surface area contributed by atoms with E-state index >= 15 is 0 Å². The molecule has 5 nitrogen and oxygen atoms in total. The van der Waals surface area contributed by atoms with Gasteiger partial charge in [-0.05, 0) is 30.0 Å². The van der Waals surface area contributed by atoms with Gasteiger partial charge in [-0.15, -0.1) is 11.3 Å². The molecule has 1 amide bonds. The van der Waals surface area contributed by atoms with Crippen molar-refractivity contribution in [2.24, 2.45) is 0 Å². The number of carbonyl (C=O) groups excluding carboxylic acids is 1. The van der Waals surface area contributed by atoms with Gasteiger partial charge < -0.3 is 19.4 Å². The molecule has 124 valence electrons. The van der Waals surface area contributed by atoms with Crippen LogP contribution in [0.3, 0.4) is 0 Å². The summed E-state index contributed by atoms with van der Waals surface area (Å²) in [7, 11) is 1.63. The first-order chi connectivity index (χ1) is 11.8. The van der Waals surface area contributed by atoms with Gasteiger partial charge in [0.05, 0.1) is 23.9 Å². The number of aromatic amines is 1. The maximum absolute atomic E-state index is 12.9. The zero-order chi connectivity index (χ0) is 16.5. The quantitative estimate of drug-likeness (QED) is 0.773. The molecule has 4 rings (SSSR count). The molecular formula is C18H18N2O3S. The Morgan fingerprint density at radius 2 is 2.29 bits per heavy atom. The lowest BCUT2D eigenvalue weighted by Gasteiger charge is -2.27. The highest BCUT2D eigenvalue weighted by atomic mass is 32.1. The van der Waals surface area contributed by atoms with Crippen LogP contribution < -0.4 is 9.47 Å². The van der Waals surface area contributed by atoms with Crippen LogP contribution in [0.25, 0.3) is 10.2 Å². The molecule has 1 aromatic carbocycles. The van der Waals surface area contributed by atoms with Gasteiger partial charge in [0.15, 0.2) is 11.5 Å². The number of thiophene rings is 1. The summed E-state index contributed by atoms with van der Waals surface area (Å²) in [5.41, 5.74) is 2.62. The number of amides is 1. The molecule has 0 aliphatic carbocycles. The zero-order valence-corrected chi connectivity index (χ0v) is 14.2.